The first-order valence-electron chi connectivity index (χ1n) is 10.0. The number of benzene rings is 1. The van der Waals surface area contributed by atoms with Gasteiger partial charge in [-0.05, 0) is 30.4 Å². The van der Waals surface area contributed by atoms with Gasteiger partial charge in [-0.25, -0.2) is 8.42 Å². The Bertz CT molecular complexity index is 852. The molecule has 1 fully saturated rings. The number of nitrogens with zero attached hydrogens (tertiary/aromatic N) is 3. The fraction of sp³-hybridized carbons (Fsp3) is 0.632. The SMILES string of the molecule is CN=C(NCCN1CCc2ccccc2C1)NC1CCN(S(=O)(=O)C(F)(F)F)CC1. The smallest absolute Gasteiger partial charge is 0.355 e. The first kappa shape index (κ1) is 22.8. The summed E-state index contributed by atoms with van der Waals surface area (Å²) in [6, 6.07) is 8.31. The third kappa shape index (κ3) is 5.44. The van der Waals surface area contributed by atoms with Crippen LogP contribution in [-0.4, -0.2) is 74.9 Å². The maximum absolute atomic E-state index is 12.7. The predicted molar refractivity (Wildman–Crippen MR) is 109 cm³/mol. The average molecular weight is 448 g/mol. The number of piperidine rings is 1. The molecule has 0 unspecified atom stereocenters. The molecule has 1 aromatic carbocycles. The molecule has 0 bridgehead atoms. The number of aliphatic imine (C=N–C) groups is 1. The van der Waals surface area contributed by atoms with Gasteiger partial charge in [0.2, 0.25) is 0 Å². The normalized spacial score (nSPS) is 20.1. The molecule has 2 aliphatic rings. The van der Waals surface area contributed by atoms with Gasteiger partial charge in [0.1, 0.15) is 0 Å². The molecule has 1 aromatic rings. The van der Waals surface area contributed by atoms with Crippen molar-refractivity contribution in [1.29, 1.82) is 0 Å². The van der Waals surface area contributed by atoms with Crippen molar-refractivity contribution in [3.63, 3.8) is 0 Å². The second kappa shape index (κ2) is 9.52. The number of sulfonamides is 1. The lowest BCUT2D eigenvalue weighted by atomic mass is 10.00. The molecular weight excluding hydrogens is 419 g/mol. The van der Waals surface area contributed by atoms with Crippen molar-refractivity contribution in [3.05, 3.63) is 35.4 Å². The van der Waals surface area contributed by atoms with Crippen molar-refractivity contribution in [1.82, 2.24) is 19.8 Å². The third-order valence-electron chi connectivity index (χ3n) is 5.58. The van der Waals surface area contributed by atoms with E-state index >= 15 is 0 Å². The molecule has 0 spiro atoms. The van der Waals surface area contributed by atoms with Crippen molar-refractivity contribution in [2.45, 2.75) is 37.4 Å². The van der Waals surface area contributed by atoms with Crippen LogP contribution in [0.25, 0.3) is 0 Å². The quantitative estimate of drug-likeness (QED) is 0.529. The van der Waals surface area contributed by atoms with Gasteiger partial charge in [0.25, 0.3) is 0 Å². The van der Waals surface area contributed by atoms with Crippen molar-refractivity contribution in [2.24, 2.45) is 4.99 Å². The first-order valence-corrected chi connectivity index (χ1v) is 11.5. The zero-order chi connectivity index (χ0) is 21.8. The molecule has 2 N–H and O–H groups in total. The summed E-state index contributed by atoms with van der Waals surface area (Å²) in [5.74, 6) is 0.574. The maximum atomic E-state index is 12.7. The lowest BCUT2D eigenvalue weighted by molar-refractivity contribution is -0.0494. The molecule has 2 heterocycles. The minimum atomic E-state index is -5.25. The molecule has 0 atom stereocenters. The van der Waals surface area contributed by atoms with Gasteiger partial charge in [-0.2, -0.15) is 17.5 Å². The monoisotopic (exact) mass is 447 g/mol. The summed E-state index contributed by atoms with van der Waals surface area (Å²) < 4.78 is 61.5. The van der Waals surface area contributed by atoms with Gasteiger partial charge >= 0.3 is 15.5 Å². The van der Waals surface area contributed by atoms with Crippen LogP contribution in [0.2, 0.25) is 0 Å². The van der Waals surface area contributed by atoms with E-state index in [0.717, 1.165) is 26.1 Å². The highest BCUT2D eigenvalue weighted by Crippen LogP contribution is 2.28. The number of rotatable bonds is 5. The van der Waals surface area contributed by atoms with Gasteiger partial charge in [0.05, 0.1) is 0 Å². The summed E-state index contributed by atoms with van der Waals surface area (Å²) in [6.45, 7) is 3.11. The molecule has 30 heavy (non-hydrogen) atoms. The number of fused-ring (bicyclic) bond motifs is 1. The molecule has 11 heteroatoms. The van der Waals surface area contributed by atoms with E-state index in [1.54, 1.807) is 7.05 Å². The molecule has 0 saturated carbocycles. The summed E-state index contributed by atoms with van der Waals surface area (Å²) in [7, 11) is -3.62. The van der Waals surface area contributed by atoms with Crippen LogP contribution in [0, 0.1) is 0 Å². The molecule has 7 nitrogen and oxygen atoms in total. The summed E-state index contributed by atoms with van der Waals surface area (Å²) >= 11 is 0. The average Bonchev–Trinajstić information content (AvgIpc) is 2.72. The number of alkyl halides is 3. The lowest BCUT2D eigenvalue weighted by Crippen LogP contribution is -2.52. The highest BCUT2D eigenvalue weighted by atomic mass is 32.2. The summed E-state index contributed by atoms with van der Waals surface area (Å²) in [4.78, 5) is 6.54. The van der Waals surface area contributed by atoms with Crippen LogP contribution in [0.3, 0.4) is 0 Å². The molecule has 2 aliphatic heterocycles. The fourth-order valence-electron chi connectivity index (χ4n) is 3.85. The van der Waals surface area contributed by atoms with E-state index in [0.29, 0.717) is 29.7 Å². The van der Waals surface area contributed by atoms with Crippen molar-refractivity contribution in [2.75, 3.05) is 39.8 Å². The van der Waals surface area contributed by atoms with E-state index in [4.69, 9.17) is 0 Å². The van der Waals surface area contributed by atoms with E-state index in [2.05, 4.69) is 44.8 Å². The molecular formula is C19H28F3N5O2S. The summed E-state index contributed by atoms with van der Waals surface area (Å²) in [5, 5.41) is 6.43. The molecule has 0 aromatic heterocycles. The molecule has 1 saturated heterocycles. The Hall–Kier alpha value is -1.85. The van der Waals surface area contributed by atoms with Gasteiger partial charge in [-0.3, -0.25) is 9.89 Å². The minimum absolute atomic E-state index is 0.127. The Kier molecular flexibility index (Phi) is 7.25. The van der Waals surface area contributed by atoms with Crippen LogP contribution in [-0.2, 0) is 23.0 Å². The van der Waals surface area contributed by atoms with Crippen LogP contribution in [0.15, 0.2) is 29.3 Å². The van der Waals surface area contributed by atoms with Crippen molar-refractivity contribution >= 4 is 16.0 Å². The molecule has 168 valence electrons. The number of hydrogen-bond acceptors (Lipinski definition) is 4. The highest BCUT2D eigenvalue weighted by Gasteiger charge is 2.50. The van der Waals surface area contributed by atoms with Crippen molar-refractivity contribution < 1.29 is 21.6 Å². The summed E-state index contributed by atoms with van der Waals surface area (Å²) in [6.07, 6.45) is 1.61. The molecule has 0 amide bonds. The third-order valence-corrected chi connectivity index (χ3v) is 7.21. The molecule has 0 aliphatic carbocycles. The minimum Gasteiger partial charge on any atom is -0.355 e. The Labute approximate surface area is 175 Å². The highest BCUT2D eigenvalue weighted by molar-refractivity contribution is 7.90. The second-order valence-corrected chi connectivity index (χ2v) is 9.49. The van der Waals surface area contributed by atoms with E-state index in [-0.39, 0.29) is 19.1 Å². The van der Waals surface area contributed by atoms with Crippen LogP contribution >= 0.6 is 0 Å². The predicted octanol–water partition coefficient (Wildman–Crippen LogP) is 1.52. The zero-order valence-corrected chi connectivity index (χ0v) is 17.8. The Morgan fingerprint density at radius 2 is 1.83 bits per heavy atom. The second-order valence-electron chi connectivity index (χ2n) is 7.56. The number of nitrogens with one attached hydrogen (secondary N) is 2. The van der Waals surface area contributed by atoms with Gasteiger partial charge in [-0.15, -0.1) is 0 Å². The van der Waals surface area contributed by atoms with E-state index in [1.165, 1.54) is 11.1 Å². The van der Waals surface area contributed by atoms with Gasteiger partial charge in [0, 0.05) is 52.4 Å². The van der Waals surface area contributed by atoms with E-state index < -0.39 is 15.5 Å². The number of hydrogen-bond donors (Lipinski definition) is 2. The number of guanidine groups is 1. The molecule has 0 radical (unpaired) electrons. The Morgan fingerprint density at radius 1 is 1.17 bits per heavy atom. The van der Waals surface area contributed by atoms with Gasteiger partial charge < -0.3 is 10.6 Å². The van der Waals surface area contributed by atoms with Crippen LogP contribution < -0.4 is 10.6 Å². The largest absolute Gasteiger partial charge is 0.511 e. The topological polar surface area (TPSA) is 77.0 Å². The van der Waals surface area contributed by atoms with Crippen LogP contribution in [0.1, 0.15) is 24.0 Å². The first-order chi connectivity index (χ1) is 14.2. The Balaban J connectivity index is 1.41. The molecule has 3 rings (SSSR count). The fourth-order valence-corrected chi connectivity index (χ4v) is 4.84. The number of halogens is 3. The van der Waals surface area contributed by atoms with Gasteiger partial charge in [0.15, 0.2) is 5.96 Å². The van der Waals surface area contributed by atoms with E-state index in [1.807, 2.05) is 0 Å². The summed E-state index contributed by atoms with van der Waals surface area (Å²) in [5.41, 5.74) is -2.50. The van der Waals surface area contributed by atoms with E-state index in [9.17, 15) is 21.6 Å². The standard InChI is InChI=1S/C19H28F3N5O2S/c1-23-18(24-9-13-26-10-6-15-4-2-3-5-16(15)14-26)25-17-7-11-27(12-8-17)30(28,29)19(20,21)22/h2-5,17H,6-14H2,1H3,(H2,23,24,25). The Morgan fingerprint density at radius 3 is 2.47 bits per heavy atom. The zero-order valence-electron chi connectivity index (χ0n) is 17.0. The maximum Gasteiger partial charge on any atom is 0.511 e. The van der Waals surface area contributed by atoms with Gasteiger partial charge in [-0.1, -0.05) is 24.3 Å². The van der Waals surface area contributed by atoms with Crippen LogP contribution in [0.5, 0.6) is 0 Å². The van der Waals surface area contributed by atoms with Crippen LogP contribution in [0.4, 0.5) is 13.2 Å². The lowest BCUT2D eigenvalue weighted by Gasteiger charge is -2.33. The van der Waals surface area contributed by atoms with Crippen molar-refractivity contribution in [3.8, 4) is 0 Å².